The third-order valence-corrected chi connectivity index (χ3v) is 3.43. The lowest BCUT2D eigenvalue weighted by Gasteiger charge is -2.12. The molecule has 0 unspecified atom stereocenters. The molecule has 0 aromatic heterocycles. The van der Waals surface area contributed by atoms with Gasteiger partial charge in [-0.25, -0.2) is 0 Å². The Hall–Kier alpha value is -0.580. The molecule has 1 fully saturated rings. The molecule has 0 radical (unpaired) electrons. The molecule has 0 amide bonds. The van der Waals surface area contributed by atoms with E-state index in [0.29, 0.717) is 6.79 Å². The molecule has 100 valence electrons. The molecule has 1 saturated carbocycles. The summed E-state index contributed by atoms with van der Waals surface area (Å²) in [5.74, 6) is 1.68. The first kappa shape index (κ1) is 13.8. The van der Waals surface area contributed by atoms with Crippen LogP contribution in [0.4, 0.5) is 0 Å². The van der Waals surface area contributed by atoms with Gasteiger partial charge in [-0.1, -0.05) is 22.9 Å². The number of nitrogens with one attached hydrogen (secondary N) is 1. The highest BCUT2D eigenvalue weighted by Gasteiger charge is 2.21. The van der Waals surface area contributed by atoms with E-state index in [2.05, 4.69) is 34.2 Å². The number of ether oxygens (including phenoxy) is 2. The van der Waals surface area contributed by atoms with Crippen LogP contribution in [0, 0.1) is 5.92 Å². The van der Waals surface area contributed by atoms with Crippen LogP contribution in [-0.4, -0.2) is 19.9 Å². The van der Waals surface area contributed by atoms with E-state index >= 15 is 0 Å². The van der Waals surface area contributed by atoms with E-state index in [0.717, 1.165) is 41.4 Å². The van der Waals surface area contributed by atoms with Crippen LogP contribution in [-0.2, 0) is 11.3 Å². The molecule has 18 heavy (non-hydrogen) atoms. The predicted molar refractivity (Wildman–Crippen MR) is 75.7 cm³/mol. The maximum atomic E-state index is 5.68. The minimum Gasteiger partial charge on any atom is -0.467 e. The second-order valence-electron chi connectivity index (χ2n) is 4.61. The Bertz CT molecular complexity index is 380. The van der Waals surface area contributed by atoms with Crippen LogP contribution in [0.3, 0.4) is 0 Å². The molecule has 0 atom stereocenters. The zero-order chi connectivity index (χ0) is 12.8. The van der Waals surface area contributed by atoms with Crippen molar-refractivity contribution in [1.82, 2.24) is 5.32 Å². The molecule has 0 spiro atoms. The van der Waals surface area contributed by atoms with Crippen LogP contribution in [0.15, 0.2) is 22.7 Å². The third-order valence-electron chi connectivity index (χ3n) is 2.94. The van der Waals surface area contributed by atoms with Gasteiger partial charge in [-0.2, -0.15) is 0 Å². The summed E-state index contributed by atoms with van der Waals surface area (Å²) < 4.78 is 12.3. The molecule has 0 heterocycles. The maximum absolute atomic E-state index is 5.68. The lowest BCUT2D eigenvalue weighted by molar-refractivity contribution is 0.00941. The van der Waals surface area contributed by atoms with E-state index in [1.165, 1.54) is 12.8 Å². The van der Waals surface area contributed by atoms with Crippen molar-refractivity contribution in [1.29, 1.82) is 0 Å². The van der Waals surface area contributed by atoms with Crippen LogP contribution in [0.5, 0.6) is 5.75 Å². The van der Waals surface area contributed by atoms with Gasteiger partial charge in [-0.15, -0.1) is 0 Å². The number of hydrogen-bond acceptors (Lipinski definition) is 3. The molecule has 0 bridgehead atoms. The van der Waals surface area contributed by atoms with Crippen LogP contribution in [0.2, 0.25) is 0 Å². The molecule has 1 aliphatic rings. The van der Waals surface area contributed by atoms with E-state index in [4.69, 9.17) is 9.47 Å². The van der Waals surface area contributed by atoms with Crippen molar-refractivity contribution >= 4 is 15.9 Å². The SMILES string of the molecule is CCNCc1cc(Br)ccc1OCOCC1CC1. The Kier molecular flexibility index (Phi) is 5.47. The van der Waals surface area contributed by atoms with Gasteiger partial charge in [0.15, 0.2) is 6.79 Å². The maximum Gasteiger partial charge on any atom is 0.189 e. The van der Waals surface area contributed by atoms with Crippen LogP contribution < -0.4 is 10.1 Å². The summed E-state index contributed by atoms with van der Waals surface area (Å²) in [7, 11) is 0. The molecule has 1 aromatic carbocycles. The predicted octanol–water partition coefficient (Wildman–Crippen LogP) is 3.32. The Morgan fingerprint density at radius 2 is 2.22 bits per heavy atom. The molecule has 4 heteroatoms. The minimum absolute atomic E-state index is 0.345. The number of rotatable bonds is 8. The van der Waals surface area contributed by atoms with Gasteiger partial charge in [-0.3, -0.25) is 0 Å². The van der Waals surface area contributed by atoms with Gasteiger partial charge in [0.25, 0.3) is 0 Å². The fraction of sp³-hybridized carbons (Fsp3) is 0.571. The Balaban J connectivity index is 1.83. The normalized spacial score (nSPS) is 14.8. The molecule has 1 N–H and O–H groups in total. The molecule has 2 rings (SSSR count). The lowest BCUT2D eigenvalue weighted by atomic mass is 10.2. The molecular formula is C14H20BrNO2. The highest BCUT2D eigenvalue weighted by atomic mass is 79.9. The summed E-state index contributed by atoms with van der Waals surface area (Å²) in [6.45, 7) is 5.03. The average molecular weight is 314 g/mol. The Morgan fingerprint density at radius 3 is 2.94 bits per heavy atom. The summed E-state index contributed by atoms with van der Waals surface area (Å²) in [4.78, 5) is 0. The molecule has 1 aliphatic carbocycles. The van der Waals surface area contributed by atoms with Crippen molar-refractivity contribution in [2.45, 2.75) is 26.3 Å². The van der Waals surface area contributed by atoms with Crippen molar-refractivity contribution in [3.8, 4) is 5.75 Å². The van der Waals surface area contributed by atoms with Gasteiger partial charge in [0.05, 0.1) is 6.61 Å². The first-order chi connectivity index (χ1) is 8.79. The summed E-state index contributed by atoms with van der Waals surface area (Å²) in [6, 6.07) is 6.06. The highest BCUT2D eigenvalue weighted by molar-refractivity contribution is 9.10. The fourth-order valence-corrected chi connectivity index (χ4v) is 2.10. The number of benzene rings is 1. The summed E-state index contributed by atoms with van der Waals surface area (Å²) >= 11 is 3.48. The van der Waals surface area contributed by atoms with E-state index in [9.17, 15) is 0 Å². The second kappa shape index (κ2) is 7.12. The second-order valence-corrected chi connectivity index (χ2v) is 5.52. The van der Waals surface area contributed by atoms with Crippen molar-refractivity contribution in [2.24, 2.45) is 5.92 Å². The van der Waals surface area contributed by atoms with Gasteiger partial charge in [0, 0.05) is 16.6 Å². The summed E-state index contributed by atoms with van der Waals surface area (Å²) in [5.41, 5.74) is 1.15. The fourth-order valence-electron chi connectivity index (χ4n) is 1.69. The average Bonchev–Trinajstić information content (AvgIpc) is 3.18. The number of hydrogen-bond donors (Lipinski definition) is 1. The molecule has 0 aliphatic heterocycles. The van der Waals surface area contributed by atoms with Gasteiger partial charge in [0.2, 0.25) is 0 Å². The largest absolute Gasteiger partial charge is 0.467 e. The first-order valence-corrected chi connectivity index (χ1v) is 7.28. The molecule has 1 aromatic rings. The summed E-state index contributed by atoms with van der Waals surface area (Å²) in [5, 5.41) is 3.31. The third kappa shape index (κ3) is 4.59. The molecule has 3 nitrogen and oxygen atoms in total. The minimum atomic E-state index is 0.345. The molecule has 0 saturated heterocycles. The van der Waals surface area contributed by atoms with E-state index in [-0.39, 0.29) is 0 Å². The lowest BCUT2D eigenvalue weighted by Crippen LogP contribution is -2.14. The van der Waals surface area contributed by atoms with E-state index in [1.807, 2.05) is 12.1 Å². The zero-order valence-corrected chi connectivity index (χ0v) is 12.3. The smallest absolute Gasteiger partial charge is 0.189 e. The van der Waals surface area contributed by atoms with E-state index in [1.54, 1.807) is 0 Å². The molecular weight excluding hydrogens is 294 g/mol. The highest BCUT2D eigenvalue weighted by Crippen LogP contribution is 2.29. The van der Waals surface area contributed by atoms with Crippen molar-refractivity contribution in [3.63, 3.8) is 0 Å². The van der Waals surface area contributed by atoms with Crippen LogP contribution in [0.25, 0.3) is 0 Å². The van der Waals surface area contributed by atoms with E-state index < -0.39 is 0 Å². The van der Waals surface area contributed by atoms with Gasteiger partial charge in [-0.05, 0) is 43.5 Å². The van der Waals surface area contributed by atoms with Crippen molar-refractivity contribution in [3.05, 3.63) is 28.2 Å². The monoisotopic (exact) mass is 313 g/mol. The topological polar surface area (TPSA) is 30.5 Å². The Labute approximate surface area is 117 Å². The van der Waals surface area contributed by atoms with Crippen LogP contribution >= 0.6 is 15.9 Å². The first-order valence-electron chi connectivity index (χ1n) is 6.49. The van der Waals surface area contributed by atoms with Crippen molar-refractivity contribution in [2.75, 3.05) is 19.9 Å². The summed E-state index contributed by atoms with van der Waals surface area (Å²) in [6.07, 6.45) is 2.62. The van der Waals surface area contributed by atoms with Crippen LogP contribution in [0.1, 0.15) is 25.3 Å². The zero-order valence-electron chi connectivity index (χ0n) is 10.7. The van der Waals surface area contributed by atoms with Gasteiger partial charge >= 0.3 is 0 Å². The van der Waals surface area contributed by atoms with Gasteiger partial charge < -0.3 is 14.8 Å². The Morgan fingerprint density at radius 1 is 1.39 bits per heavy atom. The number of halogens is 1. The standard InChI is InChI=1S/C14H20BrNO2/c1-2-16-8-12-7-13(15)5-6-14(12)18-10-17-9-11-3-4-11/h5-7,11,16H,2-4,8-10H2,1H3. The quantitative estimate of drug-likeness (QED) is 0.590. The van der Waals surface area contributed by atoms with Crippen molar-refractivity contribution < 1.29 is 9.47 Å². The van der Waals surface area contributed by atoms with Gasteiger partial charge in [0.1, 0.15) is 5.75 Å².